The van der Waals surface area contributed by atoms with Gasteiger partial charge < -0.3 is 24.8 Å². The van der Waals surface area contributed by atoms with Crippen LogP contribution in [0.2, 0.25) is 0 Å². The summed E-state index contributed by atoms with van der Waals surface area (Å²) in [5, 5.41) is 11.8. The molecule has 1 atom stereocenters. The van der Waals surface area contributed by atoms with Gasteiger partial charge >= 0.3 is 5.97 Å². The molecule has 2 N–H and O–H groups in total. The number of nitrogens with one attached hydrogen (secondary N) is 1. The summed E-state index contributed by atoms with van der Waals surface area (Å²) in [5.41, 5.74) is 0.267. The maximum Gasteiger partial charge on any atom is 0.326 e. The molecule has 0 saturated heterocycles. The van der Waals surface area contributed by atoms with E-state index >= 15 is 0 Å². The number of aliphatic carboxylic acids is 1. The molecule has 2 amide bonds. The van der Waals surface area contributed by atoms with Gasteiger partial charge in [0.1, 0.15) is 6.04 Å². The van der Waals surface area contributed by atoms with Crippen LogP contribution in [0.25, 0.3) is 0 Å². The Bertz CT molecular complexity index is 617. The number of carbonyl (C=O) groups is 3. The number of ether oxygens (including phenoxy) is 2. The molecule has 132 valence electrons. The van der Waals surface area contributed by atoms with Crippen molar-refractivity contribution >= 4 is 17.8 Å². The normalized spacial score (nSPS) is 11.3. The first-order chi connectivity index (χ1) is 11.3. The van der Waals surface area contributed by atoms with Gasteiger partial charge in [-0.2, -0.15) is 0 Å². The third-order valence-electron chi connectivity index (χ3n) is 3.44. The van der Waals surface area contributed by atoms with E-state index in [-0.39, 0.29) is 24.6 Å². The molecule has 0 aliphatic rings. The maximum absolute atomic E-state index is 12.7. The largest absolute Gasteiger partial charge is 0.493 e. The molecule has 0 saturated carbocycles. The third kappa shape index (κ3) is 4.87. The van der Waals surface area contributed by atoms with E-state index in [2.05, 4.69) is 5.32 Å². The summed E-state index contributed by atoms with van der Waals surface area (Å²) in [6.07, 6.45) is 0. The molecule has 0 radical (unpaired) electrons. The monoisotopic (exact) mass is 338 g/mol. The molecule has 8 heteroatoms. The average molecular weight is 338 g/mol. The standard InChI is InChI=1S/C16H22N2O6/c1-10(16(21)22)18(8-7-17-11(2)19)15(20)12-5-6-13(23-3)14(9-12)24-4/h5-6,9-10H,7-8H2,1-4H3,(H,17,19)(H,21,22). The summed E-state index contributed by atoms with van der Waals surface area (Å²) in [6, 6.07) is 3.55. The Morgan fingerprint density at radius 3 is 2.33 bits per heavy atom. The van der Waals surface area contributed by atoms with E-state index < -0.39 is 17.9 Å². The number of benzene rings is 1. The van der Waals surface area contributed by atoms with Crippen molar-refractivity contribution in [3.63, 3.8) is 0 Å². The average Bonchev–Trinajstić information content (AvgIpc) is 2.56. The maximum atomic E-state index is 12.7. The van der Waals surface area contributed by atoms with Crippen LogP contribution in [0.5, 0.6) is 11.5 Å². The molecule has 1 aromatic rings. The highest BCUT2D eigenvalue weighted by molar-refractivity contribution is 5.97. The van der Waals surface area contributed by atoms with Gasteiger partial charge in [0, 0.05) is 25.6 Å². The molecule has 0 aromatic heterocycles. The predicted octanol–water partition coefficient (Wildman–Crippen LogP) is 0.755. The van der Waals surface area contributed by atoms with Crippen LogP contribution in [0.4, 0.5) is 0 Å². The number of amides is 2. The summed E-state index contributed by atoms with van der Waals surface area (Å²) in [5.74, 6) is -1.03. The predicted molar refractivity (Wildman–Crippen MR) is 86.4 cm³/mol. The molecule has 0 fully saturated rings. The number of hydrogen-bond acceptors (Lipinski definition) is 5. The molecule has 0 aliphatic carbocycles. The van der Waals surface area contributed by atoms with Crippen LogP contribution in [0, 0.1) is 0 Å². The molecule has 1 unspecified atom stereocenters. The summed E-state index contributed by atoms with van der Waals surface area (Å²) >= 11 is 0. The van der Waals surface area contributed by atoms with Crippen molar-refractivity contribution in [3.05, 3.63) is 23.8 Å². The molecule has 1 aromatic carbocycles. The van der Waals surface area contributed by atoms with Gasteiger partial charge in [0.25, 0.3) is 5.91 Å². The number of carbonyl (C=O) groups excluding carboxylic acids is 2. The van der Waals surface area contributed by atoms with E-state index in [0.717, 1.165) is 0 Å². The lowest BCUT2D eigenvalue weighted by atomic mass is 10.1. The second kappa shape index (κ2) is 8.76. The van der Waals surface area contributed by atoms with Crippen molar-refractivity contribution in [1.82, 2.24) is 10.2 Å². The Hall–Kier alpha value is -2.77. The highest BCUT2D eigenvalue weighted by Crippen LogP contribution is 2.28. The Morgan fingerprint density at radius 1 is 1.21 bits per heavy atom. The minimum absolute atomic E-state index is 0.0697. The van der Waals surface area contributed by atoms with Gasteiger partial charge in [0.2, 0.25) is 5.91 Å². The summed E-state index contributed by atoms with van der Waals surface area (Å²) < 4.78 is 10.3. The van der Waals surface area contributed by atoms with E-state index in [9.17, 15) is 19.5 Å². The molecule has 0 heterocycles. The molecule has 0 aliphatic heterocycles. The smallest absolute Gasteiger partial charge is 0.326 e. The van der Waals surface area contributed by atoms with Crippen LogP contribution in [-0.2, 0) is 9.59 Å². The number of methoxy groups -OCH3 is 2. The summed E-state index contributed by atoms with van der Waals surface area (Å²) in [6.45, 7) is 2.99. The van der Waals surface area contributed by atoms with Gasteiger partial charge in [0.15, 0.2) is 11.5 Å². The van der Waals surface area contributed by atoms with E-state index in [4.69, 9.17) is 9.47 Å². The Balaban J connectivity index is 3.05. The van der Waals surface area contributed by atoms with Gasteiger partial charge in [-0.1, -0.05) is 0 Å². The minimum Gasteiger partial charge on any atom is -0.493 e. The highest BCUT2D eigenvalue weighted by atomic mass is 16.5. The number of carboxylic acids is 1. The van der Waals surface area contributed by atoms with E-state index in [1.807, 2.05) is 0 Å². The van der Waals surface area contributed by atoms with E-state index in [1.54, 1.807) is 6.07 Å². The van der Waals surface area contributed by atoms with Crippen LogP contribution >= 0.6 is 0 Å². The molecule has 1 rings (SSSR count). The van der Waals surface area contributed by atoms with Gasteiger partial charge in [-0.3, -0.25) is 9.59 Å². The number of hydrogen-bond donors (Lipinski definition) is 2. The second-order valence-corrected chi connectivity index (χ2v) is 5.07. The van der Waals surface area contributed by atoms with Gasteiger partial charge in [0.05, 0.1) is 14.2 Å². The fraction of sp³-hybridized carbons (Fsp3) is 0.438. The van der Waals surface area contributed by atoms with Crippen LogP contribution < -0.4 is 14.8 Å². The SMILES string of the molecule is COc1ccc(C(=O)N(CCNC(C)=O)C(C)C(=O)O)cc1OC. The first-order valence-electron chi connectivity index (χ1n) is 7.32. The van der Waals surface area contributed by atoms with Gasteiger partial charge in [-0.25, -0.2) is 4.79 Å². The van der Waals surface area contributed by atoms with Gasteiger partial charge in [-0.15, -0.1) is 0 Å². The minimum atomic E-state index is -1.13. The lowest BCUT2D eigenvalue weighted by molar-refractivity contribution is -0.141. The molecule has 8 nitrogen and oxygen atoms in total. The second-order valence-electron chi connectivity index (χ2n) is 5.07. The lowest BCUT2D eigenvalue weighted by Gasteiger charge is -2.27. The quantitative estimate of drug-likeness (QED) is 0.725. The fourth-order valence-corrected chi connectivity index (χ4v) is 2.09. The van der Waals surface area contributed by atoms with E-state index in [0.29, 0.717) is 11.5 Å². The van der Waals surface area contributed by atoms with Crippen molar-refractivity contribution in [3.8, 4) is 11.5 Å². The zero-order valence-corrected chi connectivity index (χ0v) is 14.2. The van der Waals surface area contributed by atoms with Crippen molar-refractivity contribution < 1.29 is 29.0 Å². The zero-order chi connectivity index (χ0) is 18.3. The Kier molecular flexibility index (Phi) is 7.03. The molecular weight excluding hydrogens is 316 g/mol. The molecule has 0 bridgehead atoms. The number of carboxylic acid groups (broad SMARTS) is 1. The number of rotatable bonds is 8. The molecule has 24 heavy (non-hydrogen) atoms. The first-order valence-corrected chi connectivity index (χ1v) is 7.32. The van der Waals surface area contributed by atoms with Crippen molar-refractivity contribution in [1.29, 1.82) is 0 Å². The van der Waals surface area contributed by atoms with Crippen LogP contribution in [0.15, 0.2) is 18.2 Å². The van der Waals surface area contributed by atoms with Crippen molar-refractivity contribution in [2.45, 2.75) is 19.9 Å². The summed E-state index contributed by atoms with van der Waals surface area (Å²) in [4.78, 5) is 36.1. The van der Waals surface area contributed by atoms with Crippen molar-refractivity contribution in [2.75, 3.05) is 27.3 Å². The zero-order valence-electron chi connectivity index (χ0n) is 14.2. The molecule has 0 spiro atoms. The molecular formula is C16H22N2O6. The lowest BCUT2D eigenvalue weighted by Crippen LogP contribution is -2.46. The van der Waals surface area contributed by atoms with Crippen LogP contribution in [-0.4, -0.2) is 61.1 Å². The van der Waals surface area contributed by atoms with Gasteiger partial charge in [-0.05, 0) is 25.1 Å². The Labute approximate surface area is 140 Å². The topological polar surface area (TPSA) is 105 Å². The summed E-state index contributed by atoms with van der Waals surface area (Å²) in [7, 11) is 2.92. The van der Waals surface area contributed by atoms with Crippen LogP contribution in [0.1, 0.15) is 24.2 Å². The third-order valence-corrected chi connectivity index (χ3v) is 3.44. The van der Waals surface area contributed by atoms with Crippen molar-refractivity contribution in [2.24, 2.45) is 0 Å². The fourth-order valence-electron chi connectivity index (χ4n) is 2.09. The first kappa shape index (κ1) is 19.3. The highest BCUT2D eigenvalue weighted by Gasteiger charge is 2.26. The Morgan fingerprint density at radius 2 is 1.83 bits per heavy atom. The number of nitrogens with zero attached hydrogens (tertiary/aromatic N) is 1. The van der Waals surface area contributed by atoms with Crippen LogP contribution in [0.3, 0.4) is 0 Å². The van der Waals surface area contributed by atoms with E-state index in [1.165, 1.54) is 45.1 Å².